The molecule has 6 nitrogen and oxygen atoms in total. The van der Waals surface area contributed by atoms with Crippen LogP contribution in [0.1, 0.15) is 42.9 Å². The lowest BCUT2D eigenvalue weighted by atomic mass is 10.0. The Morgan fingerprint density at radius 1 is 1.27 bits per heavy atom. The minimum Gasteiger partial charge on any atom is -0.383 e. The number of rotatable bonds is 3. The fraction of sp³-hybridized carbons (Fsp3) is 0.250. The van der Waals surface area contributed by atoms with Gasteiger partial charge in [-0.25, -0.2) is 9.97 Å². The van der Waals surface area contributed by atoms with Gasteiger partial charge in [-0.1, -0.05) is 32.0 Å². The first-order chi connectivity index (χ1) is 10.5. The number of fused-ring (bicyclic) bond motifs is 1. The summed E-state index contributed by atoms with van der Waals surface area (Å²) in [6.45, 7) is 5.55. The molecule has 0 saturated carbocycles. The van der Waals surface area contributed by atoms with E-state index in [-0.39, 0.29) is 11.7 Å². The van der Waals surface area contributed by atoms with Crippen LogP contribution in [0, 0.1) is 0 Å². The molecular weight excluding hydrogens is 278 g/mol. The van der Waals surface area contributed by atoms with E-state index < -0.39 is 0 Å². The van der Waals surface area contributed by atoms with Crippen molar-refractivity contribution in [3.63, 3.8) is 0 Å². The number of H-pyrrole nitrogens is 1. The number of nitrogens with one attached hydrogen (secondary N) is 1. The molecule has 112 valence electrons. The summed E-state index contributed by atoms with van der Waals surface area (Å²) in [5, 5.41) is 7.88. The molecule has 1 aromatic carbocycles. The molecule has 0 unspecified atom stereocenters. The van der Waals surface area contributed by atoms with Crippen LogP contribution >= 0.6 is 0 Å². The summed E-state index contributed by atoms with van der Waals surface area (Å²) in [5.74, 6) is 1.25. The summed E-state index contributed by atoms with van der Waals surface area (Å²) >= 11 is 0. The van der Waals surface area contributed by atoms with Crippen LogP contribution in [0.5, 0.6) is 0 Å². The third kappa shape index (κ3) is 2.32. The molecule has 2 aromatic heterocycles. The van der Waals surface area contributed by atoms with Gasteiger partial charge in [0.1, 0.15) is 11.6 Å². The summed E-state index contributed by atoms with van der Waals surface area (Å²) < 4.78 is 0. The van der Waals surface area contributed by atoms with E-state index in [4.69, 9.17) is 5.73 Å². The second kappa shape index (κ2) is 5.22. The van der Waals surface area contributed by atoms with E-state index in [1.165, 1.54) is 6.92 Å². The van der Waals surface area contributed by atoms with Gasteiger partial charge in [-0.15, -0.1) is 0 Å². The number of Topliss-reactive ketones (excluding diaryl/α,β-unsaturated/α-hetero) is 1. The second-order valence-corrected chi connectivity index (χ2v) is 5.56. The Morgan fingerprint density at radius 3 is 2.73 bits per heavy atom. The Morgan fingerprint density at radius 2 is 2.05 bits per heavy atom. The summed E-state index contributed by atoms with van der Waals surface area (Å²) in [6.07, 6.45) is 0. The van der Waals surface area contributed by atoms with Crippen molar-refractivity contribution in [2.24, 2.45) is 0 Å². The molecule has 3 N–H and O–H groups in total. The maximum absolute atomic E-state index is 11.5. The summed E-state index contributed by atoms with van der Waals surface area (Å²) in [4.78, 5) is 20.3. The lowest BCUT2D eigenvalue weighted by Gasteiger charge is -2.06. The van der Waals surface area contributed by atoms with Gasteiger partial charge >= 0.3 is 0 Å². The van der Waals surface area contributed by atoms with Crippen molar-refractivity contribution in [2.75, 3.05) is 5.73 Å². The number of nitrogens with two attached hydrogens (primary N) is 1. The number of carbonyl (C=O) groups excluding carboxylic acids is 1. The molecule has 0 aliphatic rings. The molecule has 0 bridgehead atoms. The quantitative estimate of drug-likeness (QED) is 0.724. The zero-order valence-electron chi connectivity index (χ0n) is 12.7. The van der Waals surface area contributed by atoms with Crippen molar-refractivity contribution in [1.82, 2.24) is 20.2 Å². The fourth-order valence-electron chi connectivity index (χ4n) is 2.33. The van der Waals surface area contributed by atoms with E-state index in [1.807, 2.05) is 32.0 Å². The second-order valence-electron chi connectivity index (χ2n) is 5.56. The van der Waals surface area contributed by atoms with Gasteiger partial charge in [-0.2, -0.15) is 5.10 Å². The number of hydrogen-bond donors (Lipinski definition) is 2. The average Bonchev–Trinajstić information content (AvgIpc) is 2.91. The molecule has 6 heteroatoms. The third-order valence-corrected chi connectivity index (χ3v) is 3.53. The van der Waals surface area contributed by atoms with Crippen LogP contribution in [0.2, 0.25) is 0 Å². The predicted octanol–water partition coefficient (Wildman–Crippen LogP) is 2.93. The van der Waals surface area contributed by atoms with Crippen LogP contribution in [0.25, 0.3) is 22.3 Å². The summed E-state index contributed by atoms with van der Waals surface area (Å²) in [6, 6.07) is 7.32. The van der Waals surface area contributed by atoms with Gasteiger partial charge in [-0.3, -0.25) is 9.89 Å². The van der Waals surface area contributed by atoms with Crippen molar-refractivity contribution >= 4 is 22.6 Å². The minimum absolute atomic E-state index is 0.0111. The maximum Gasteiger partial charge on any atom is 0.187 e. The van der Waals surface area contributed by atoms with E-state index in [0.717, 1.165) is 11.3 Å². The third-order valence-electron chi connectivity index (χ3n) is 3.53. The monoisotopic (exact) mass is 295 g/mol. The van der Waals surface area contributed by atoms with E-state index >= 15 is 0 Å². The average molecular weight is 295 g/mol. The number of nitrogen functional groups attached to an aromatic ring is 1. The molecule has 0 radical (unpaired) electrons. The predicted molar refractivity (Wildman–Crippen MR) is 85.6 cm³/mol. The Balaban J connectivity index is 2.20. The molecule has 0 aliphatic carbocycles. The van der Waals surface area contributed by atoms with Crippen molar-refractivity contribution in [1.29, 1.82) is 0 Å². The highest BCUT2D eigenvalue weighted by atomic mass is 16.1. The Labute approximate surface area is 127 Å². The molecular formula is C16H17N5O. The highest BCUT2D eigenvalue weighted by Gasteiger charge is 2.16. The van der Waals surface area contributed by atoms with Gasteiger partial charge in [0.15, 0.2) is 11.4 Å². The molecule has 3 aromatic rings. The molecule has 0 fully saturated rings. The van der Waals surface area contributed by atoms with Crippen LogP contribution in [0.4, 0.5) is 5.82 Å². The zero-order chi connectivity index (χ0) is 15.9. The number of aromatic nitrogens is 4. The first kappa shape index (κ1) is 14.2. The topological polar surface area (TPSA) is 97.5 Å². The highest BCUT2D eigenvalue weighted by molar-refractivity contribution is 6.00. The van der Waals surface area contributed by atoms with Crippen molar-refractivity contribution < 1.29 is 4.79 Å². The molecule has 0 amide bonds. The van der Waals surface area contributed by atoms with Crippen LogP contribution < -0.4 is 5.73 Å². The molecule has 0 aliphatic heterocycles. The highest BCUT2D eigenvalue weighted by Crippen LogP contribution is 2.30. The number of anilines is 1. The Bertz CT molecular complexity index is 866. The van der Waals surface area contributed by atoms with Gasteiger partial charge in [0.25, 0.3) is 0 Å². The van der Waals surface area contributed by atoms with Crippen molar-refractivity contribution in [3.05, 3.63) is 35.7 Å². The van der Waals surface area contributed by atoms with Crippen LogP contribution in [0.15, 0.2) is 24.3 Å². The van der Waals surface area contributed by atoms with Crippen LogP contribution in [0.3, 0.4) is 0 Å². The number of nitrogens with zero attached hydrogens (tertiary/aromatic N) is 3. The molecule has 0 atom stereocenters. The molecule has 0 saturated heterocycles. The Hall–Kier alpha value is -2.76. The van der Waals surface area contributed by atoms with E-state index in [2.05, 4.69) is 20.2 Å². The van der Waals surface area contributed by atoms with E-state index in [0.29, 0.717) is 28.2 Å². The van der Waals surface area contributed by atoms with Gasteiger partial charge in [0, 0.05) is 17.0 Å². The normalized spacial score (nSPS) is 11.3. The van der Waals surface area contributed by atoms with Crippen LogP contribution in [-0.2, 0) is 0 Å². The molecule has 2 heterocycles. The lowest BCUT2D eigenvalue weighted by molar-refractivity contribution is 0.101. The summed E-state index contributed by atoms with van der Waals surface area (Å²) in [7, 11) is 0. The number of ketones is 1. The van der Waals surface area contributed by atoms with E-state index in [1.54, 1.807) is 6.07 Å². The lowest BCUT2D eigenvalue weighted by Crippen LogP contribution is -2.02. The van der Waals surface area contributed by atoms with Crippen LogP contribution in [-0.4, -0.2) is 25.9 Å². The van der Waals surface area contributed by atoms with E-state index in [9.17, 15) is 4.79 Å². The smallest absolute Gasteiger partial charge is 0.187 e. The molecule has 0 spiro atoms. The largest absolute Gasteiger partial charge is 0.383 e. The zero-order valence-corrected chi connectivity index (χ0v) is 12.7. The Kier molecular flexibility index (Phi) is 3.36. The standard InChI is InChI=1S/C16H17N5O/c1-8(2)15-18-14(17)12-13(20-21-16(12)19-15)11-6-4-5-10(7-11)9(3)22/h4-8H,1-3H3,(H3,17,18,19,20,21). The van der Waals surface area contributed by atoms with Gasteiger partial charge in [0.05, 0.1) is 11.1 Å². The SMILES string of the molecule is CC(=O)c1cccc(-c2[nH]nc3nc(C(C)C)nc(N)c23)c1. The summed E-state index contributed by atoms with van der Waals surface area (Å²) in [5.41, 5.74) is 8.84. The van der Waals surface area contributed by atoms with Gasteiger partial charge in [0.2, 0.25) is 0 Å². The van der Waals surface area contributed by atoms with Gasteiger partial charge < -0.3 is 5.73 Å². The first-order valence-electron chi connectivity index (χ1n) is 7.10. The van der Waals surface area contributed by atoms with Crippen molar-refractivity contribution in [2.45, 2.75) is 26.7 Å². The number of hydrogen-bond acceptors (Lipinski definition) is 5. The fourth-order valence-corrected chi connectivity index (χ4v) is 2.33. The maximum atomic E-state index is 11.5. The minimum atomic E-state index is 0.0111. The number of benzene rings is 1. The molecule has 22 heavy (non-hydrogen) atoms. The number of carbonyl (C=O) groups is 1. The number of aromatic amines is 1. The first-order valence-corrected chi connectivity index (χ1v) is 7.10. The molecule has 3 rings (SSSR count). The van der Waals surface area contributed by atoms with Gasteiger partial charge in [-0.05, 0) is 13.0 Å². The van der Waals surface area contributed by atoms with Crippen molar-refractivity contribution in [3.8, 4) is 11.3 Å².